The van der Waals surface area contributed by atoms with Gasteiger partial charge in [-0.15, -0.1) is 0 Å². The zero-order valence-electron chi connectivity index (χ0n) is 11.1. The van der Waals surface area contributed by atoms with Crippen molar-refractivity contribution in [2.24, 2.45) is 0 Å². The Morgan fingerprint density at radius 2 is 1.78 bits per heavy atom. The zero-order valence-corrected chi connectivity index (χ0v) is 11.1. The molecule has 0 saturated heterocycles. The summed E-state index contributed by atoms with van der Waals surface area (Å²) in [5, 5.41) is 2.71. The number of Topliss-reactive ketones (excluding diaryl/α,β-unsaturated/α-hetero) is 1. The summed E-state index contributed by atoms with van der Waals surface area (Å²) in [5.74, 6) is -0.971. The molecule has 0 bridgehead atoms. The molecule has 0 aromatic rings. The van der Waals surface area contributed by atoms with Gasteiger partial charge in [-0.3, -0.25) is 9.59 Å². The molecule has 0 radical (unpaired) electrons. The Bertz CT molecular complexity index is 332. The lowest BCUT2D eigenvalue weighted by atomic mass is 9.81. The highest BCUT2D eigenvalue weighted by molar-refractivity contribution is 5.99. The minimum atomic E-state index is -0.916. The number of carbonyl (C=O) groups is 3. The first-order chi connectivity index (χ1) is 8.50. The molecular weight excluding hydrogens is 234 g/mol. The Balaban J connectivity index is 2.74. The van der Waals surface area contributed by atoms with Gasteiger partial charge in [-0.25, -0.2) is 4.79 Å². The molecule has 0 aliphatic heterocycles. The van der Waals surface area contributed by atoms with Gasteiger partial charge in [0.1, 0.15) is 11.3 Å². The fourth-order valence-electron chi connectivity index (χ4n) is 2.34. The first-order valence-corrected chi connectivity index (χ1v) is 6.48. The van der Waals surface area contributed by atoms with Crippen molar-refractivity contribution in [3.63, 3.8) is 0 Å². The van der Waals surface area contributed by atoms with Crippen molar-refractivity contribution < 1.29 is 19.1 Å². The highest BCUT2D eigenvalue weighted by Gasteiger charge is 2.42. The van der Waals surface area contributed by atoms with E-state index in [2.05, 4.69) is 5.32 Å². The van der Waals surface area contributed by atoms with Crippen LogP contribution in [0.15, 0.2) is 0 Å². The fraction of sp³-hybridized carbons (Fsp3) is 0.769. The average molecular weight is 255 g/mol. The number of ketones is 1. The number of carbonyl (C=O) groups excluding carboxylic acids is 3. The number of esters is 1. The highest BCUT2D eigenvalue weighted by Crippen LogP contribution is 2.29. The Morgan fingerprint density at radius 1 is 1.17 bits per heavy atom. The van der Waals surface area contributed by atoms with E-state index in [4.69, 9.17) is 4.74 Å². The molecule has 5 nitrogen and oxygen atoms in total. The summed E-state index contributed by atoms with van der Waals surface area (Å²) < 4.78 is 5.05. The molecule has 0 unspecified atom stereocenters. The number of rotatable bonds is 5. The number of ether oxygens (including phenoxy) is 1. The van der Waals surface area contributed by atoms with Gasteiger partial charge >= 0.3 is 5.97 Å². The lowest BCUT2D eigenvalue weighted by Crippen LogP contribution is -2.56. The second-order valence-corrected chi connectivity index (χ2v) is 4.79. The summed E-state index contributed by atoms with van der Waals surface area (Å²) in [6, 6.07) is 0. The summed E-state index contributed by atoms with van der Waals surface area (Å²) in [6.07, 6.45) is 3.84. The van der Waals surface area contributed by atoms with Gasteiger partial charge < -0.3 is 10.1 Å². The second-order valence-electron chi connectivity index (χ2n) is 4.79. The van der Waals surface area contributed by atoms with Crippen molar-refractivity contribution in [1.82, 2.24) is 5.32 Å². The van der Waals surface area contributed by atoms with Crippen LogP contribution in [0, 0.1) is 0 Å². The van der Waals surface area contributed by atoms with E-state index in [1.807, 2.05) is 0 Å². The molecule has 1 amide bonds. The quantitative estimate of drug-likeness (QED) is 0.594. The van der Waals surface area contributed by atoms with Crippen LogP contribution in [0.4, 0.5) is 0 Å². The molecule has 1 fully saturated rings. The molecule has 0 heterocycles. The highest BCUT2D eigenvalue weighted by atomic mass is 16.5. The van der Waals surface area contributed by atoms with Crippen molar-refractivity contribution in [3.05, 3.63) is 0 Å². The zero-order chi connectivity index (χ0) is 13.6. The number of nitrogens with one attached hydrogen (secondary N) is 1. The van der Waals surface area contributed by atoms with Gasteiger partial charge in [-0.2, -0.15) is 0 Å². The van der Waals surface area contributed by atoms with Crippen molar-refractivity contribution in [3.8, 4) is 0 Å². The predicted molar refractivity (Wildman–Crippen MR) is 65.9 cm³/mol. The minimum absolute atomic E-state index is 0.179. The van der Waals surface area contributed by atoms with Crippen LogP contribution in [0.2, 0.25) is 0 Å². The minimum Gasteiger partial charge on any atom is -0.464 e. The van der Waals surface area contributed by atoms with Gasteiger partial charge in [0.2, 0.25) is 5.91 Å². The van der Waals surface area contributed by atoms with E-state index in [-0.39, 0.29) is 18.2 Å². The van der Waals surface area contributed by atoms with E-state index < -0.39 is 11.4 Å². The summed E-state index contributed by atoms with van der Waals surface area (Å²) in [4.78, 5) is 34.6. The largest absolute Gasteiger partial charge is 0.464 e. The maximum absolute atomic E-state index is 12.0. The van der Waals surface area contributed by atoms with Crippen LogP contribution < -0.4 is 5.32 Å². The Kier molecular flexibility index (Phi) is 5.31. The third-order valence-electron chi connectivity index (χ3n) is 3.16. The summed E-state index contributed by atoms with van der Waals surface area (Å²) in [7, 11) is 0. The number of hydrogen-bond donors (Lipinski definition) is 1. The van der Waals surface area contributed by atoms with Gasteiger partial charge in [-0.05, 0) is 26.7 Å². The molecule has 102 valence electrons. The first kappa shape index (κ1) is 14.7. The Hall–Kier alpha value is -1.39. The SMILES string of the molecule is CCOC(=O)C1(NC(=O)CC(C)=O)CCCCC1. The van der Waals surface area contributed by atoms with Crippen LogP contribution in [0.3, 0.4) is 0 Å². The summed E-state index contributed by atoms with van der Waals surface area (Å²) in [5.41, 5.74) is -0.916. The van der Waals surface area contributed by atoms with E-state index in [0.29, 0.717) is 19.4 Å². The standard InChI is InChI=1S/C13H21NO4/c1-3-18-12(17)13(7-5-4-6-8-13)14-11(16)9-10(2)15/h3-9H2,1-2H3,(H,14,16). The summed E-state index contributed by atoms with van der Waals surface area (Å²) >= 11 is 0. The molecule has 1 N–H and O–H groups in total. The van der Waals surface area contributed by atoms with Gasteiger partial charge in [0.15, 0.2) is 0 Å². The van der Waals surface area contributed by atoms with Gasteiger partial charge in [-0.1, -0.05) is 19.3 Å². The van der Waals surface area contributed by atoms with Gasteiger partial charge in [0, 0.05) is 0 Å². The third-order valence-corrected chi connectivity index (χ3v) is 3.16. The van der Waals surface area contributed by atoms with E-state index in [1.165, 1.54) is 6.92 Å². The van der Waals surface area contributed by atoms with Crippen LogP contribution in [0.25, 0.3) is 0 Å². The normalized spacial score (nSPS) is 17.9. The molecule has 1 aliphatic carbocycles. The molecule has 0 aromatic heterocycles. The molecule has 5 heteroatoms. The molecular formula is C13H21NO4. The monoisotopic (exact) mass is 255 g/mol. The van der Waals surface area contributed by atoms with Crippen LogP contribution in [-0.2, 0) is 19.1 Å². The Morgan fingerprint density at radius 3 is 2.28 bits per heavy atom. The number of amides is 1. The molecule has 1 rings (SSSR count). The van der Waals surface area contributed by atoms with E-state index in [1.54, 1.807) is 6.92 Å². The summed E-state index contributed by atoms with van der Waals surface area (Å²) in [6.45, 7) is 3.40. The molecule has 0 aromatic carbocycles. The third kappa shape index (κ3) is 3.82. The topological polar surface area (TPSA) is 72.5 Å². The van der Waals surface area contributed by atoms with Crippen molar-refractivity contribution in [2.45, 2.75) is 57.9 Å². The molecule has 1 aliphatic rings. The van der Waals surface area contributed by atoms with E-state index in [9.17, 15) is 14.4 Å². The van der Waals surface area contributed by atoms with Crippen molar-refractivity contribution in [1.29, 1.82) is 0 Å². The van der Waals surface area contributed by atoms with Crippen LogP contribution in [0.5, 0.6) is 0 Å². The van der Waals surface area contributed by atoms with E-state index in [0.717, 1.165) is 19.3 Å². The van der Waals surface area contributed by atoms with Crippen LogP contribution >= 0.6 is 0 Å². The van der Waals surface area contributed by atoms with Crippen LogP contribution in [-0.4, -0.2) is 29.8 Å². The molecule has 1 saturated carbocycles. The second kappa shape index (κ2) is 6.52. The maximum Gasteiger partial charge on any atom is 0.331 e. The lowest BCUT2D eigenvalue weighted by molar-refractivity contribution is -0.155. The van der Waals surface area contributed by atoms with Gasteiger partial charge in [0.25, 0.3) is 0 Å². The average Bonchev–Trinajstić information content (AvgIpc) is 2.29. The maximum atomic E-state index is 12.0. The number of hydrogen-bond acceptors (Lipinski definition) is 4. The van der Waals surface area contributed by atoms with E-state index >= 15 is 0 Å². The van der Waals surface area contributed by atoms with Crippen molar-refractivity contribution in [2.75, 3.05) is 6.61 Å². The predicted octanol–water partition coefficient (Wildman–Crippen LogP) is 1.35. The first-order valence-electron chi connectivity index (χ1n) is 6.48. The Labute approximate surface area is 107 Å². The molecule has 0 atom stereocenters. The smallest absolute Gasteiger partial charge is 0.331 e. The molecule has 18 heavy (non-hydrogen) atoms. The van der Waals surface area contributed by atoms with Crippen molar-refractivity contribution >= 4 is 17.7 Å². The lowest BCUT2D eigenvalue weighted by Gasteiger charge is -2.35. The van der Waals surface area contributed by atoms with Gasteiger partial charge in [0.05, 0.1) is 13.0 Å². The van der Waals surface area contributed by atoms with Crippen LogP contribution in [0.1, 0.15) is 52.4 Å². The molecule has 0 spiro atoms. The fourth-order valence-corrected chi connectivity index (χ4v) is 2.34.